The van der Waals surface area contributed by atoms with Crippen LogP contribution >= 0.6 is 11.6 Å². The lowest BCUT2D eigenvalue weighted by atomic mass is 9.80. The third kappa shape index (κ3) is 3.50. The molecule has 30 heavy (non-hydrogen) atoms. The van der Waals surface area contributed by atoms with Gasteiger partial charge in [-0.15, -0.1) is 0 Å². The van der Waals surface area contributed by atoms with Crippen LogP contribution in [0.2, 0.25) is 5.02 Å². The fourth-order valence-corrected chi connectivity index (χ4v) is 4.50. The first-order valence-corrected chi connectivity index (χ1v) is 10.1. The zero-order valence-corrected chi connectivity index (χ0v) is 17.8. The Morgan fingerprint density at radius 1 is 1.20 bits per heavy atom. The van der Waals surface area contributed by atoms with Crippen molar-refractivity contribution in [2.75, 3.05) is 14.2 Å². The number of carbonyl (C=O) groups is 1. The van der Waals surface area contributed by atoms with Crippen molar-refractivity contribution in [2.45, 2.75) is 19.8 Å². The van der Waals surface area contributed by atoms with E-state index in [-0.39, 0.29) is 0 Å². The lowest BCUT2D eigenvalue weighted by Gasteiger charge is -2.26. The summed E-state index contributed by atoms with van der Waals surface area (Å²) in [5.41, 5.74) is 4.39. The van der Waals surface area contributed by atoms with Crippen LogP contribution in [0.4, 0.5) is 0 Å². The Labute approximate surface area is 179 Å². The van der Waals surface area contributed by atoms with Crippen molar-refractivity contribution >= 4 is 40.1 Å². The lowest BCUT2D eigenvalue weighted by molar-refractivity contribution is 0.0697. The van der Waals surface area contributed by atoms with E-state index in [2.05, 4.69) is 6.92 Å². The van der Waals surface area contributed by atoms with Gasteiger partial charge in [0.05, 0.1) is 36.0 Å². The highest BCUT2D eigenvalue weighted by Gasteiger charge is 2.28. The monoisotopic (exact) mass is 423 g/mol. The maximum atomic E-state index is 12.2. The number of nitrogens with zero attached hydrogens (tertiary/aromatic N) is 1. The van der Waals surface area contributed by atoms with E-state index in [0.29, 0.717) is 45.3 Å². The van der Waals surface area contributed by atoms with Gasteiger partial charge in [0.15, 0.2) is 11.5 Å². The number of para-hydroxylation sites is 1. The summed E-state index contributed by atoms with van der Waals surface area (Å²) in [6, 6.07) is 11.1. The van der Waals surface area contributed by atoms with Gasteiger partial charge < -0.3 is 14.6 Å². The van der Waals surface area contributed by atoms with Crippen LogP contribution in [0.15, 0.2) is 36.4 Å². The number of aromatic nitrogens is 1. The molecule has 0 radical (unpaired) electrons. The van der Waals surface area contributed by atoms with Crippen LogP contribution in [0, 0.1) is 5.92 Å². The van der Waals surface area contributed by atoms with Crippen LogP contribution in [-0.4, -0.2) is 30.3 Å². The van der Waals surface area contributed by atoms with Crippen molar-refractivity contribution in [3.8, 4) is 11.5 Å². The molecule has 1 aliphatic carbocycles. The van der Waals surface area contributed by atoms with Crippen LogP contribution in [-0.2, 0) is 6.42 Å². The number of carboxylic acids is 1. The Balaban J connectivity index is 1.95. The Morgan fingerprint density at radius 2 is 1.97 bits per heavy atom. The number of allylic oxidation sites excluding steroid dienone is 1. The van der Waals surface area contributed by atoms with Gasteiger partial charge in [0.2, 0.25) is 0 Å². The van der Waals surface area contributed by atoms with E-state index < -0.39 is 5.97 Å². The number of benzene rings is 2. The molecule has 5 nitrogen and oxygen atoms in total. The van der Waals surface area contributed by atoms with Crippen LogP contribution in [0.5, 0.6) is 11.5 Å². The molecule has 1 aliphatic rings. The van der Waals surface area contributed by atoms with Gasteiger partial charge in [0.25, 0.3) is 0 Å². The SMILES string of the molecule is COc1cc(/C=C2/C[C@@H](C)Cc3c2nc2ccccc2c3C(=O)O)cc(Cl)c1OC. The van der Waals surface area contributed by atoms with E-state index >= 15 is 0 Å². The molecular weight excluding hydrogens is 402 g/mol. The normalized spacial score (nSPS) is 17.1. The largest absolute Gasteiger partial charge is 0.493 e. The molecule has 0 unspecified atom stereocenters. The van der Waals surface area contributed by atoms with Crippen molar-refractivity contribution in [3.05, 3.63) is 63.8 Å². The number of carboxylic acid groups (broad SMARTS) is 1. The highest BCUT2D eigenvalue weighted by atomic mass is 35.5. The van der Waals surface area contributed by atoms with E-state index in [0.717, 1.165) is 28.8 Å². The van der Waals surface area contributed by atoms with Crippen molar-refractivity contribution in [1.29, 1.82) is 0 Å². The molecular formula is C24H22ClNO4. The summed E-state index contributed by atoms with van der Waals surface area (Å²) < 4.78 is 10.7. The second kappa shape index (κ2) is 8.00. The van der Waals surface area contributed by atoms with E-state index in [1.54, 1.807) is 14.2 Å². The molecule has 154 valence electrons. The minimum atomic E-state index is -0.924. The van der Waals surface area contributed by atoms with E-state index in [4.69, 9.17) is 26.1 Å². The molecule has 6 heteroatoms. The van der Waals surface area contributed by atoms with Gasteiger partial charge in [0, 0.05) is 5.39 Å². The summed E-state index contributed by atoms with van der Waals surface area (Å²) in [6.07, 6.45) is 3.48. The van der Waals surface area contributed by atoms with Gasteiger partial charge in [-0.3, -0.25) is 0 Å². The van der Waals surface area contributed by atoms with Crippen LogP contribution in [0.25, 0.3) is 22.6 Å². The number of methoxy groups -OCH3 is 2. The predicted molar refractivity (Wildman–Crippen MR) is 119 cm³/mol. The van der Waals surface area contributed by atoms with Gasteiger partial charge in [-0.2, -0.15) is 0 Å². The first-order chi connectivity index (χ1) is 14.4. The number of hydrogen-bond acceptors (Lipinski definition) is 4. The molecule has 1 heterocycles. The van der Waals surface area contributed by atoms with Crippen LogP contribution < -0.4 is 9.47 Å². The molecule has 0 bridgehead atoms. The third-order valence-corrected chi connectivity index (χ3v) is 5.71. The number of fused-ring (bicyclic) bond motifs is 2. The second-order valence-electron chi connectivity index (χ2n) is 7.56. The summed E-state index contributed by atoms with van der Waals surface area (Å²) in [7, 11) is 3.11. The molecule has 4 rings (SSSR count). The van der Waals surface area contributed by atoms with Gasteiger partial charge in [-0.1, -0.05) is 36.7 Å². The maximum Gasteiger partial charge on any atom is 0.336 e. The highest BCUT2D eigenvalue weighted by Crippen LogP contribution is 2.41. The number of ether oxygens (including phenoxy) is 2. The molecule has 0 spiro atoms. The summed E-state index contributed by atoms with van der Waals surface area (Å²) in [6.45, 7) is 2.12. The Morgan fingerprint density at radius 3 is 2.67 bits per heavy atom. The molecule has 0 aliphatic heterocycles. The molecule has 1 N–H and O–H groups in total. The minimum Gasteiger partial charge on any atom is -0.493 e. The molecule has 1 aromatic heterocycles. The summed E-state index contributed by atoms with van der Waals surface area (Å²) in [5.74, 6) is 0.391. The number of pyridine rings is 1. The average Bonchev–Trinajstić information content (AvgIpc) is 2.71. The smallest absolute Gasteiger partial charge is 0.336 e. The lowest BCUT2D eigenvalue weighted by Crippen LogP contribution is -2.17. The molecule has 0 saturated heterocycles. The predicted octanol–water partition coefficient (Wildman–Crippen LogP) is 5.73. The first kappa shape index (κ1) is 20.2. The minimum absolute atomic E-state index is 0.292. The molecule has 0 fully saturated rings. The van der Waals surface area contributed by atoms with E-state index in [1.165, 1.54) is 0 Å². The quantitative estimate of drug-likeness (QED) is 0.580. The second-order valence-corrected chi connectivity index (χ2v) is 7.96. The van der Waals surface area contributed by atoms with Crippen molar-refractivity contribution < 1.29 is 19.4 Å². The maximum absolute atomic E-state index is 12.2. The third-order valence-electron chi connectivity index (χ3n) is 5.43. The van der Waals surface area contributed by atoms with Crippen molar-refractivity contribution in [2.24, 2.45) is 5.92 Å². The van der Waals surface area contributed by atoms with Crippen LogP contribution in [0.3, 0.4) is 0 Å². The first-order valence-electron chi connectivity index (χ1n) is 9.70. The summed E-state index contributed by atoms with van der Waals surface area (Å²) >= 11 is 6.38. The fraction of sp³-hybridized carbons (Fsp3) is 0.250. The molecule has 0 amide bonds. The summed E-state index contributed by atoms with van der Waals surface area (Å²) in [4.78, 5) is 17.0. The van der Waals surface area contributed by atoms with E-state index in [1.807, 2.05) is 42.5 Å². The van der Waals surface area contributed by atoms with Crippen molar-refractivity contribution in [1.82, 2.24) is 4.98 Å². The zero-order valence-electron chi connectivity index (χ0n) is 17.0. The standard InChI is InChI=1S/C24H22ClNO4/c1-13-8-15(10-14-11-18(25)23(30-3)20(12-14)29-2)22-17(9-13)21(24(27)28)16-6-4-5-7-19(16)26-22/h4-7,10-13H,8-9H2,1-3H3,(H,27,28)/b15-10-/t13-/m1/s1. The summed E-state index contributed by atoms with van der Waals surface area (Å²) in [5, 5.41) is 11.1. The number of aromatic carboxylic acids is 1. The average molecular weight is 424 g/mol. The topological polar surface area (TPSA) is 68.7 Å². The molecule has 1 atom stereocenters. The molecule has 2 aromatic carbocycles. The van der Waals surface area contributed by atoms with Crippen LogP contribution in [0.1, 0.15) is 40.5 Å². The zero-order chi connectivity index (χ0) is 21.4. The van der Waals surface area contributed by atoms with Crippen molar-refractivity contribution in [3.63, 3.8) is 0 Å². The fourth-order valence-electron chi connectivity index (χ4n) is 4.20. The Kier molecular flexibility index (Phi) is 5.39. The number of hydrogen-bond donors (Lipinski definition) is 1. The van der Waals surface area contributed by atoms with E-state index in [9.17, 15) is 9.90 Å². The highest BCUT2D eigenvalue weighted by molar-refractivity contribution is 6.32. The van der Waals surface area contributed by atoms with Gasteiger partial charge in [-0.25, -0.2) is 9.78 Å². The van der Waals surface area contributed by atoms with Gasteiger partial charge in [0.1, 0.15) is 0 Å². The molecule has 3 aromatic rings. The Hall–Kier alpha value is -3.05. The van der Waals surface area contributed by atoms with Gasteiger partial charge >= 0.3 is 5.97 Å². The van der Waals surface area contributed by atoms with Gasteiger partial charge in [-0.05, 0) is 59.7 Å². The Bertz CT molecular complexity index is 1190. The number of halogens is 1. The molecule has 0 saturated carbocycles. The number of rotatable bonds is 4.